The van der Waals surface area contributed by atoms with Gasteiger partial charge in [-0.05, 0) is 53.8 Å². The molecule has 1 aromatic heterocycles. The molecule has 0 saturated heterocycles. The number of rotatable bonds is 4. The van der Waals surface area contributed by atoms with Crippen LogP contribution in [0.5, 0.6) is 0 Å². The lowest BCUT2D eigenvalue weighted by Gasteiger charge is -2.06. The van der Waals surface area contributed by atoms with Gasteiger partial charge in [0.15, 0.2) is 0 Å². The molecule has 0 bridgehead atoms. The molecule has 2 rings (SSSR count). The first-order valence-electron chi connectivity index (χ1n) is 5.94. The van der Waals surface area contributed by atoms with E-state index in [0.717, 1.165) is 3.57 Å². The van der Waals surface area contributed by atoms with E-state index >= 15 is 0 Å². The van der Waals surface area contributed by atoms with Crippen molar-refractivity contribution < 1.29 is 19.1 Å². The van der Waals surface area contributed by atoms with Gasteiger partial charge in [-0.15, -0.1) is 0 Å². The van der Waals surface area contributed by atoms with Crippen LogP contribution in [0.1, 0.15) is 32.2 Å². The SMILES string of the molecule is Cc1oc(CNC(=O)c2cc(Cl)ccc2I)cc1C(=O)O. The third kappa shape index (κ3) is 3.76. The molecule has 0 atom stereocenters. The summed E-state index contributed by atoms with van der Waals surface area (Å²) in [5, 5.41) is 12.1. The minimum atomic E-state index is -1.06. The number of aromatic carboxylic acids is 1. The number of aryl methyl sites for hydroxylation is 1. The van der Waals surface area contributed by atoms with Crippen LogP contribution in [0.25, 0.3) is 0 Å². The van der Waals surface area contributed by atoms with Crippen LogP contribution in [0.4, 0.5) is 0 Å². The first kappa shape index (κ1) is 15.8. The maximum Gasteiger partial charge on any atom is 0.339 e. The highest BCUT2D eigenvalue weighted by molar-refractivity contribution is 14.1. The van der Waals surface area contributed by atoms with Crippen LogP contribution in [0.15, 0.2) is 28.7 Å². The number of benzene rings is 1. The summed E-state index contributed by atoms with van der Waals surface area (Å²) in [6.45, 7) is 1.67. The molecule has 0 fully saturated rings. The normalized spacial score (nSPS) is 10.4. The van der Waals surface area contributed by atoms with E-state index in [2.05, 4.69) is 5.32 Å². The highest BCUT2D eigenvalue weighted by atomic mass is 127. The van der Waals surface area contributed by atoms with Crippen molar-refractivity contribution in [3.05, 3.63) is 55.5 Å². The van der Waals surface area contributed by atoms with Gasteiger partial charge in [-0.2, -0.15) is 0 Å². The average molecular weight is 420 g/mol. The Labute approximate surface area is 139 Å². The predicted octanol–water partition coefficient (Wildman–Crippen LogP) is 3.47. The molecule has 1 heterocycles. The van der Waals surface area contributed by atoms with Crippen molar-refractivity contribution in [1.82, 2.24) is 5.32 Å². The molecule has 1 aromatic carbocycles. The van der Waals surface area contributed by atoms with Crippen molar-refractivity contribution in [3.8, 4) is 0 Å². The molecule has 2 aromatic rings. The molecule has 5 nitrogen and oxygen atoms in total. The van der Waals surface area contributed by atoms with E-state index in [1.165, 1.54) is 6.07 Å². The van der Waals surface area contributed by atoms with Gasteiger partial charge in [0.05, 0.1) is 12.1 Å². The van der Waals surface area contributed by atoms with E-state index in [0.29, 0.717) is 22.1 Å². The van der Waals surface area contributed by atoms with E-state index in [1.807, 2.05) is 22.6 Å². The Balaban J connectivity index is 2.09. The molecule has 0 saturated carbocycles. The number of carbonyl (C=O) groups is 2. The number of hydrogen-bond acceptors (Lipinski definition) is 3. The number of halogens is 2. The van der Waals surface area contributed by atoms with E-state index in [9.17, 15) is 9.59 Å². The zero-order valence-electron chi connectivity index (χ0n) is 10.9. The van der Waals surface area contributed by atoms with Gasteiger partial charge in [0.25, 0.3) is 5.91 Å². The Kier molecular flexibility index (Phi) is 4.89. The molecule has 0 aliphatic heterocycles. The molecule has 2 N–H and O–H groups in total. The van der Waals surface area contributed by atoms with Crippen LogP contribution in [-0.2, 0) is 6.54 Å². The smallest absolute Gasteiger partial charge is 0.339 e. The zero-order chi connectivity index (χ0) is 15.6. The summed E-state index contributed by atoms with van der Waals surface area (Å²) in [7, 11) is 0. The first-order chi connectivity index (χ1) is 9.88. The Morgan fingerprint density at radius 3 is 2.67 bits per heavy atom. The molecular formula is C14H11ClINO4. The van der Waals surface area contributed by atoms with Gasteiger partial charge in [-0.25, -0.2) is 4.79 Å². The number of carbonyl (C=O) groups excluding carboxylic acids is 1. The average Bonchev–Trinajstić information content (AvgIpc) is 2.80. The molecule has 110 valence electrons. The highest BCUT2D eigenvalue weighted by Crippen LogP contribution is 2.18. The van der Waals surface area contributed by atoms with E-state index in [1.54, 1.807) is 25.1 Å². The van der Waals surface area contributed by atoms with Gasteiger partial charge in [0.2, 0.25) is 0 Å². The lowest BCUT2D eigenvalue weighted by Crippen LogP contribution is -2.23. The third-order valence-electron chi connectivity index (χ3n) is 2.80. The van der Waals surface area contributed by atoms with Crippen LogP contribution in [0.3, 0.4) is 0 Å². The van der Waals surface area contributed by atoms with E-state index < -0.39 is 5.97 Å². The maximum absolute atomic E-state index is 12.1. The van der Waals surface area contributed by atoms with Crippen LogP contribution >= 0.6 is 34.2 Å². The van der Waals surface area contributed by atoms with E-state index in [4.69, 9.17) is 21.1 Å². The van der Waals surface area contributed by atoms with Crippen molar-refractivity contribution in [2.45, 2.75) is 13.5 Å². The van der Waals surface area contributed by atoms with Crippen LogP contribution in [0.2, 0.25) is 5.02 Å². The number of amides is 1. The number of carboxylic acids is 1. The Morgan fingerprint density at radius 1 is 1.33 bits per heavy atom. The van der Waals surface area contributed by atoms with Crippen molar-refractivity contribution >= 4 is 46.1 Å². The summed E-state index contributed by atoms with van der Waals surface area (Å²) in [5.74, 6) is -0.662. The molecule has 0 radical (unpaired) electrons. The van der Waals surface area contributed by atoms with Gasteiger partial charge in [-0.1, -0.05) is 11.6 Å². The van der Waals surface area contributed by atoms with Gasteiger partial charge < -0.3 is 14.8 Å². The van der Waals surface area contributed by atoms with Crippen molar-refractivity contribution in [2.75, 3.05) is 0 Å². The fourth-order valence-electron chi connectivity index (χ4n) is 1.78. The Morgan fingerprint density at radius 2 is 2.05 bits per heavy atom. The van der Waals surface area contributed by atoms with Crippen LogP contribution in [-0.4, -0.2) is 17.0 Å². The minimum Gasteiger partial charge on any atom is -0.478 e. The maximum atomic E-state index is 12.1. The standard InChI is InChI=1S/C14H11ClINO4/c1-7-10(14(19)20)5-9(21-7)6-17-13(18)11-4-8(15)2-3-12(11)16/h2-5H,6H2,1H3,(H,17,18)(H,19,20). The van der Waals surface area contributed by atoms with Crippen molar-refractivity contribution in [2.24, 2.45) is 0 Å². The molecule has 7 heteroatoms. The van der Waals surface area contributed by atoms with E-state index in [-0.39, 0.29) is 18.0 Å². The highest BCUT2D eigenvalue weighted by Gasteiger charge is 2.15. The number of nitrogens with one attached hydrogen (secondary N) is 1. The second kappa shape index (κ2) is 6.48. The Bertz CT molecular complexity index is 711. The van der Waals surface area contributed by atoms with Gasteiger partial charge in [-0.3, -0.25) is 4.79 Å². The van der Waals surface area contributed by atoms with Crippen molar-refractivity contribution in [1.29, 1.82) is 0 Å². The summed E-state index contributed by atoms with van der Waals surface area (Å²) < 4.78 is 6.07. The lowest BCUT2D eigenvalue weighted by molar-refractivity contribution is 0.0694. The topological polar surface area (TPSA) is 79.5 Å². The molecular weight excluding hydrogens is 409 g/mol. The molecule has 0 unspecified atom stereocenters. The lowest BCUT2D eigenvalue weighted by atomic mass is 10.2. The van der Waals surface area contributed by atoms with Crippen molar-refractivity contribution in [3.63, 3.8) is 0 Å². The number of carboxylic acid groups (broad SMARTS) is 1. The van der Waals surface area contributed by atoms with Gasteiger partial charge in [0, 0.05) is 8.59 Å². The molecule has 21 heavy (non-hydrogen) atoms. The minimum absolute atomic E-state index is 0.0941. The molecule has 0 aliphatic rings. The summed E-state index contributed by atoms with van der Waals surface area (Å²) in [5.41, 5.74) is 0.557. The quantitative estimate of drug-likeness (QED) is 0.744. The summed E-state index contributed by atoms with van der Waals surface area (Å²) >= 11 is 7.91. The number of furan rings is 1. The molecule has 1 amide bonds. The fourth-order valence-corrected chi connectivity index (χ4v) is 2.53. The molecule has 0 aliphatic carbocycles. The van der Waals surface area contributed by atoms with Gasteiger partial charge >= 0.3 is 5.97 Å². The third-order valence-corrected chi connectivity index (χ3v) is 3.97. The second-order valence-corrected chi connectivity index (χ2v) is 5.89. The van der Waals surface area contributed by atoms with Crippen LogP contribution in [0, 0.1) is 10.5 Å². The Hall–Kier alpha value is -1.54. The summed E-state index contributed by atoms with van der Waals surface area (Å²) in [6, 6.07) is 6.43. The zero-order valence-corrected chi connectivity index (χ0v) is 13.9. The fraction of sp³-hybridized carbons (Fsp3) is 0.143. The second-order valence-electron chi connectivity index (χ2n) is 4.29. The summed E-state index contributed by atoms with van der Waals surface area (Å²) in [6.07, 6.45) is 0. The molecule has 0 spiro atoms. The first-order valence-corrected chi connectivity index (χ1v) is 7.40. The monoisotopic (exact) mass is 419 g/mol. The number of hydrogen-bond donors (Lipinski definition) is 2. The largest absolute Gasteiger partial charge is 0.478 e. The summed E-state index contributed by atoms with van der Waals surface area (Å²) in [4.78, 5) is 23.0. The predicted molar refractivity (Wildman–Crippen MR) is 85.7 cm³/mol. The van der Waals surface area contributed by atoms with Crippen LogP contribution < -0.4 is 5.32 Å². The van der Waals surface area contributed by atoms with Gasteiger partial charge in [0.1, 0.15) is 17.1 Å².